The highest BCUT2D eigenvalue weighted by molar-refractivity contribution is 5.54. The third kappa shape index (κ3) is 3.24. The van der Waals surface area contributed by atoms with E-state index >= 15 is 0 Å². The summed E-state index contributed by atoms with van der Waals surface area (Å²) >= 11 is 0. The summed E-state index contributed by atoms with van der Waals surface area (Å²) in [6.07, 6.45) is 8.47. The number of nitriles is 1. The maximum Gasteiger partial charge on any atom is 0.165 e. The molecule has 0 aliphatic heterocycles. The Balaban J connectivity index is 1.87. The Kier molecular flexibility index (Phi) is 4.19. The molecule has 2 rings (SSSR count). The molecule has 0 fully saturated rings. The molecule has 0 amide bonds. The largest absolute Gasteiger partial charge is 0.396 e. The van der Waals surface area contributed by atoms with Crippen LogP contribution in [0.1, 0.15) is 37.8 Å². The number of rotatable bonds is 4. The van der Waals surface area contributed by atoms with Gasteiger partial charge in [-0.05, 0) is 44.2 Å². The third-order valence-corrected chi connectivity index (χ3v) is 3.17. The standard InChI is InChI=1S/C14H18N4/c15-10-13-12(16)6-7-14(18-13)17-9-8-11-4-2-1-3-5-11/h4,6-7H,1-3,5,8-9,16H2,(H,17,18). The van der Waals surface area contributed by atoms with E-state index < -0.39 is 0 Å². The van der Waals surface area contributed by atoms with Gasteiger partial charge in [-0.15, -0.1) is 0 Å². The first kappa shape index (κ1) is 12.4. The van der Waals surface area contributed by atoms with Gasteiger partial charge < -0.3 is 11.1 Å². The van der Waals surface area contributed by atoms with Crippen molar-refractivity contribution in [2.24, 2.45) is 0 Å². The van der Waals surface area contributed by atoms with Crippen LogP contribution in [0.15, 0.2) is 23.8 Å². The van der Waals surface area contributed by atoms with Crippen molar-refractivity contribution in [2.45, 2.75) is 32.1 Å². The molecule has 4 nitrogen and oxygen atoms in total. The molecule has 1 aromatic rings. The lowest BCUT2D eigenvalue weighted by atomic mass is 9.97. The van der Waals surface area contributed by atoms with Gasteiger partial charge in [0.2, 0.25) is 0 Å². The number of hydrogen-bond donors (Lipinski definition) is 2. The number of aromatic nitrogens is 1. The lowest BCUT2D eigenvalue weighted by Crippen LogP contribution is -2.07. The Bertz CT molecular complexity index is 485. The monoisotopic (exact) mass is 242 g/mol. The first-order valence-corrected chi connectivity index (χ1v) is 6.38. The molecule has 0 unspecified atom stereocenters. The number of nitrogens with one attached hydrogen (secondary N) is 1. The van der Waals surface area contributed by atoms with E-state index in [0.717, 1.165) is 18.8 Å². The Morgan fingerprint density at radius 1 is 1.39 bits per heavy atom. The van der Waals surface area contributed by atoms with Gasteiger partial charge in [0.25, 0.3) is 0 Å². The van der Waals surface area contributed by atoms with Gasteiger partial charge in [-0.25, -0.2) is 4.98 Å². The summed E-state index contributed by atoms with van der Waals surface area (Å²) in [6, 6.07) is 5.51. The summed E-state index contributed by atoms with van der Waals surface area (Å²) in [5.74, 6) is 0.720. The van der Waals surface area contributed by atoms with Gasteiger partial charge in [0.1, 0.15) is 11.9 Å². The van der Waals surface area contributed by atoms with Gasteiger partial charge in [0.05, 0.1) is 5.69 Å². The molecule has 3 N–H and O–H groups in total. The van der Waals surface area contributed by atoms with Crippen LogP contribution in [-0.4, -0.2) is 11.5 Å². The fourth-order valence-electron chi connectivity index (χ4n) is 2.14. The summed E-state index contributed by atoms with van der Waals surface area (Å²) in [4.78, 5) is 4.16. The summed E-state index contributed by atoms with van der Waals surface area (Å²) in [5.41, 5.74) is 7.87. The maximum atomic E-state index is 8.84. The molecule has 0 aromatic carbocycles. The smallest absolute Gasteiger partial charge is 0.165 e. The van der Waals surface area contributed by atoms with E-state index in [4.69, 9.17) is 11.0 Å². The van der Waals surface area contributed by atoms with Crippen LogP contribution in [0.5, 0.6) is 0 Å². The SMILES string of the molecule is N#Cc1nc(NCCC2=CCCCC2)ccc1N. The molecule has 1 aliphatic rings. The van der Waals surface area contributed by atoms with Crippen LogP contribution in [0.25, 0.3) is 0 Å². The van der Waals surface area contributed by atoms with Gasteiger partial charge >= 0.3 is 0 Å². The first-order chi connectivity index (χ1) is 8.79. The van der Waals surface area contributed by atoms with Crippen LogP contribution in [0.3, 0.4) is 0 Å². The zero-order valence-electron chi connectivity index (χ0n) is 10.4. The van der Waals surface area contributed by atoms with Crippen LogP contribution in [0.4, 0.5) is 11.5 Å². The van der Waals surface area contributed by atoms with Gasteiger partial charge in [0, 0.05) is 6.54 Å². The molecule has 4 heteroatoms. The van der Waals surface area contributed by atoms with Crippen LogP contribution in [0, 0.1) is 11.3 Å². The summed E-state index contributed by atoms with van der Waals surface area (Å²) < 4.78 is 0. The third-order valence-electron chi connectivity index (χ3n) is 3.17. The van der Waals surface area contributed by atoms with Crippen molar-refractivity contribution in [2.75, 3.05) is 17.6 Å². The zero-order chi connectivity index (χ0) is 12.8. The zero-order valence-corrected chi connectivity index (χ0v) is 10.4. The van der Waals surface area contributed by atoms with E-state index in [1.54, 1.807) is 6.07 Å². The van der Waals surface area contributed by atoms with Gasteiger partial charge in [-0.2, -0.15) is 5.26 Å². The lowest BCUT2D eigenvalue weighted by molar-refractivity contribution is 0.679. The molecule has 94 valence electrons. The number of nitrogens with zero attached hydrogens (tertiary/aromatic N) is 2. The quantitative estimate of drug-likeness (QED) is 0.796. The fourth-order valence-corrected chi connectivity index (χ4v) is 2.14. The van der Waals surface area contributed by atoms with Crippen molar-refractivity contribution >= 4 is 11.5 Å². The second-order valence-corrected chi connectivity index (χ2v) is 4.53. The van der Waals surface area contributed by atoms with Crippen LogP contribution in [-0.2, 0) is 0 Å². The average molecular weight is 242 g/mol. The van der Waals surface area contributed by atoms with Crippen LogP contribution >= 0.6 is 0 Å². The minimum Gasteiger partial charge on any atom is -0.396 e. The summed E-state index contributed by atoms with van der Waals surface area (Å²) in [6.45, 7) is 0.855. The predicted molar refractivity (Wildman–Crippen MR) is 73.0 cm³/mol. The van der Waals surface area contributed by atoms with E-state index in [2.05, 4.69) is 16.4 Å². The molecule has 1 aliphatic carbocycles. The number of hydrogen-bond acceptors (Lipinski definition) is 4. The van der Waals surface area contributed by atoms with E-state index in [9.17, 15) is 0 Å². The first-order valence-electron chi connectivity index (χ1n) is 6.38. The van der Waals surface area contributed by atoms with E-state index in [-0.39, 0.29) is 5.69 Å². The van der Waals surface area contributed by atoms with E-state index in [1.807, 2.05) is 12.1 Å². The molecule has 0 radical (unpaired) electrons. The number of pyridine rings is 1. The van der Waals surface area contributed by atoms with Crippen molar-refractivity contribution in [3.05, 3.63) is 29.5 Å². The Morgan fingerprint density at radius 2 is 2.28 bits per heavy atom. The maximum absolute atomic E-state index is 8.84. The number of nitrogens with two attached hydrogens (primary N) is 1. The Labute approximate surface area is 108 Å². The Morgan fingerprint density at radius 3 is 3.00 bits per heavy atom. The minimum absolute atomic E-state index is 0.289. The highest BCUT2D eigenvalue weighted by Crippen LogP contribution is 2.20. The van der Waals surface area contributed by atoms with Crippen molar-refractivity contribution in [3.8, 4) is 6.07 Å². The van der Waals surface area contributed by atoms with Gasteiger partial charge in [-0.3, -0.25) is 0 Å². The lowest BCUT2D eigenvalue weighted by Gasteiger charge is -2.13. The Hall–Kier alpha value is -2.02. The normalized spacial score (nSPS) is 14.7. The molecule has 1 aromatic heterocycles. The van der Waals surface area contributed by atoms with Crippen molar-refractivity contribution < 1.29 is 0 Å². The van der Waals surface area contributed by atoms with Crippen LogP contribution in [0.2, 0.25) is 0 Å². The second kappa shape index (κ2) is 6.06. The highest BCUT2D eigenvalue weighted by Gasteiger charge is 2.04. The van der Waals surface area contributed by atoms with Crippen molar-refractivity contribution in [1.29, 1.82) is 5.26 Å². The van der Waals surface area contributed by atoms with Crippen molar-refractivity contribution in [3.63, 3.8) is 0 Å². The molecule has 0 bridgehead atoms. The second-order valence-electron chi connectivity index (χ2n) is 4.53. The molecule has 0 spiro atoms. The molecule has 0 saturated carbocycles. The van der Waals surface area contributed by atoms with Gasteiger partial charge in [0.15, 0.2) is 5.69 Å². The predicted octanol–water partition coefficient (Wildman–Crippen LogP) is 2.84. The highest BCUT2D eigenvalue weighted by atomic mass is 15.0. The average Bonchev–Trinajstić information content (AvgIpc) is 2.42. The molecule has 18 heavy (non-hydrogen) atoms. The molecule has 1 heterocycles. The number of anilines is 2. The molecular weight excluding hydrogens is 224 g/mol. The number of nitrogen functional groups attached to an aromatic ring is 1. The molecule has 0 saturated heterocycles. The summed E-state index contributed by atoms with van der Waals surface area (Å²) in [5, 5.41) is 12.1. The number of allylic oxidation sites excluding steroid dienone is 1. The van der Waals surface area contributed by atoms with Crippen molar-refractivity contribution in [1.82, 2.24) is 4.98 Å². The minimum atomic E-state index is 0.289. The van der Waals surface area contributed by atoms with E-state index in [0.29, 0.717) is 5.69 Å². The fraction of sp³-hybridized carbons (Fsp3) is 0.429. The van der Waals surface area contributed by atoms with Crippen LogP contribution < -0.4 is 11.1 Å². The molecule has 0 atom stereocenters. The van der Waals surface area contributed by atoms with E-state index in [1.165, 1.54) is 31.3 Å². The van der Waals surface area contributed by atoms with Gasteiger partial charge in [-0.1, -0.05) is 11.6 Å². The molecular formula is C14H18N4. The topological polar surface area (TPSA) is 74.7 Å². The summed E-state index contributed by atoms with van der Waals surface area (Å²) in [7, 11) is 0.